The Kier molecular flexibility index (Phi) is 4.97. The lowest BCUT2D eigenvalue weighted by atomic mass is 10.2. The first-order valence-corrected chi connectivity index (χ1v) is 10.9. The van der Waals surface area contributed by atoms with E-state index >= 15 is 0 Å². The predicted octanol–water partition coefficient (Wildman–Crippen LogP) is 3.09. The number of anilines is 1. The number of nitriles is 1. The summed E-state index contributed by atoms with van der Waals surface area (Å²) in [6.07, 6.45) is 1.11. The number of aryl methyl sites for hydroxylation is 1. The van der Waals surface area contributed by atoms with Gasteiger partial charge in [-0.2, -0.15) is 9.57 Å². The van der Waals surface area contributed by atoms with Gasteiger partial charge in [0.25, 0.3) is 10.0 Å². The molecule has 9 heteroatoms. The van der Waals surface area contributed by atoms with Crippen molar-refractivity contribution in [3.05, 3.63) is 33.5 Å². The Morgan fingerprint density at radius 1 is 1.44 bits per heavy atom. The molecule has 1 fully saturated rings. The second kappa shape index (κ2) is 6.88. The molecule has 132 valence electrons. The van der Waals surface area contributed by atoms with E-state index in [1.165, 1.54) is 15.6 Å². The van der Waals surface area contributed by atoms with Gasteiger partial charge in [-0.3, -0.25) is 4.79 Å². The van der Waals surface area contributed by atoms with Crippen LogP contribution in [0.5, 0.6) is 0 Å². The average molecular weight is 396 g/mol. The summed E-state index contributed by atoms with van der Waals surface area (Å²) in [7, 11) is -3.67. The lowest BCUT2D eigenvalue weighted by Crippen LogP contribution is -2.42. The quantitative estimate of drug-likeness (QED) is 0.861. The topological polar surface area (TPSA) is 90.3 Å². The van der Waals surface area contributed by atoms with Crippen LogP contribution in [0.15, 0.2) is 21.7 Å². The maximum Gasteiger partial charge on any atom is 0.253 e. The fourth-order valence-electron chi connectivity index (χ4n) is 2.86. The van der Waals surface area contributed by atoms with Crippen LogP contribution >= 0.6 is 22.7 Å². The van der Waals surface area contributed by atoms with Crippen molar-refractivity contribution in [2.45, 2.75) is 36.9 Å². The van der Waals surface area contributed by atoms with Crippen molar-refractivity contribution in [1.82, 2.24) is 4.31 Å². The minimum absolute atomic E-state index is 0.243. The van der Waals surface area contributed by atoms with E-state index in [1.807, 2.05) is 13.8 Å². The summed E-state index contributed by atoms with van der Waals surface area (Å²) < 4.78 is 27.0. The van der Waals surface area contributed by atoms with Gasteiger partial charge in [-0.15, -0.1) is 22.7 Å². The first-order chi connectivity index (χ1) is 11.9. The summed E-state index contributed by atoms with van der Waals surface area (Å²) in [6, 6.07) is 4.59. The molecule has 0 aromatic carbocycles. The number of nitrogens with one attached hydrogen (secondary N) is 1. The van der Waals surface area contributed by atoms with E-state index in [0.717, 1.165) is 21.8 Å². The highest BCUT2D eigenvalue weighted by molar-refractivity contribution is 7.91. The molecule has 3 rings (SSSR count). The molecule has 0 saturated carbocycles. The molecule has 1 aliphatic rings. The van der Waals surface area contributed by atoms with Gasteiger partial charge in [0.1, 0.15) is 21.3 Å². The van der Waals surface area contributed by atoms with E-state index in [-0.39, 0.29) is 10.1 Å². The molecule has 1 unspecified atom stereocenters. The Hall–Kier alpha value is -1.73. The first-order valence-electron chi connectivity index (χ1n) is 7.72. The number of thiophene rings is 2. The molecule has 1 atom stereocenters. The van der Waals surface area contributed by atoms with E-state index in [4.69, 9.17) is 0 Å². The molecule has 25 heavy (non-hydrogen) atoms. The van der Waals surface area contributed by atoms with Crippen molar-refractivity contribution in [3.8, 4) is 6.07 Å². The van der Waals surface area contributed by atoms with Crippen LogP contribution in [-0.4, -0.2) is 31.2 Å². The summed E-state index contributed by atoms with van der Waals surface area (Å²) >= 11 is 2.48. The smallest absolute Gasteiger partial charge is 0.253 e. The van der Waals surface area contributed by atoms with Gasteiger partial charge in [-0.05, 0) is 43.7 Å². The highest BCUT2D eigenvalue weighted by atomic mass is 32.2. The number of sulfonamides is 1. The van der Waals surface area contributed by atoms with Crippen LogP contribution in [-0.2, 0) is 14.8 Å². The number of amides is 1. The van der Waals surface area contributed by atoms with Crippen LogP contribution in [0, 0.1) is 25.2 Å². The fraction of sp³-hybridized carbons (Fsp3) is 0.375. The number of hydrogen-bond donors (Lipinski definition) is 1. The molecule has 6 nitrogen and oxygen atoms in total. The lowest BCUT2D eigenvalue weighted by molar-refractivity contribution is -0.119. The summed E-state index contributed by atoms with van der Waals surface area (Å²) in [4.78, 5) is 13.7. The molecular weight excluding hydrogens is 378 g/mol. The SMILES string of the molecule is Cc1sc(NC(=O)C2CCCN2S(=O)(=O)c2cccs2)c(C#N)c1C. The zero-order valence-corrected chi connectivity index (χ0v) is 16.2. The van der Waals surface area contributed by atoms with Crippen molar-refractivity contribution in [2.75, 3.05) is 11.9 Å². The Morgan fingerprint density at radius 3 is 2.84 bits per heavy atom. The third kappa shape index (κ3) is 3.22. The van der Waals surface area contributed by atoms with E-state index in [0.29, 0.717) is 30.0 Å². The van der Waals surface area contributed by atoms with E-state index in [2.05, 4.69) is 11.4 Å². The Morgan fingerprint density at radius 2 is 2.20 bits per heavy atom. The summed E-state index contributed by atoms with van der Waals surface area (Å²) in [5.74, 6) is -0.379. The highest BCUT2D eigenvalue weighted by Gasteiger charge is 2.40. The molecule has 1 aliphatic heterocycles. The second-order valence-electron chi connectivity index (χ2n) is 5.79. The van der Waals surface area contributed by atoms with Crippen LogP contribution in [0.2, 0.25) is 0 Å². The van der Waals surface area contributed by atoms with Gasteiger partial charge in [-0.1, -0.05) is 6.07 Å². The largest absolute Gasteiger partial charge is 0.315 e. The van der Waals surface area contributed by atoms with Crippen molar-refractivity contribution in [1.29, 1.82) is 5.26 Å². The van der Waals surface area contributed by atoms with Gasteiger partial charge in [-0.25, -0.2) is 8.42 Å². The standard InChI is InChI=1S/C16H17N3O3S3/c1-10-11(2)24-16(12(10)9-17)18-15(20)13-5-3-7-19(13)25(21,22)14-6-4-8-23-14/h4,6,8,13H,3,5,7H2,1-2H3,(H,18,20). The molecule has 1 amide bonds. The van der Waals surface area contributed by atoms with Gasteiger partial charge in [0, 0.05) is 11.4 Å². The maximum atomic E-state index is 12.8. The fourth-order valence-corrected chi connectivity index (χ4v) is 6.65. The Balaban J connectivity index is 1.85. The van der Waals surface area contributed by atoms with E-state index in [1.54, 1.807) is 17.5 Å². The Bertz CT molecular complexity index is 939. The van der Waals surface area contributed by atoms with Gasteiger partial charge in [0.05, 0.1) is 5.56 Å². The molecule has 1 saturated heterocycles. The van der Waals surface area contributed by atoms with E-state index in [9.17, 15) is 18.5 Å². The minimum atomic E-state index is -3.67. The Labute approximate surface area is 154 Å². The van der Waals surface area contributed by atoms with E-state index < -0.39 is 16.1 Å². The van der Waals surface area contributed by atoms with Crippen LogP contribution < -0.4 is 5.32 Å². The van der Waals surface area contributed by atoms with Crippen LogP contribution in [0.25, 0.3) is 0 Å². The molecule has 3 heterocycles. The highest BCUT2D eigenvalue weighted by Crippen LogP contribution is 2.33. The summed E-state index contributed by atoms with van der Waals surface area (Å²) in [6.45, 7) is 4.05. The monoisotopic (exact) mass is 395 g/mol. The second-order valence-corrected chi connectivity index (χ2v) is 10.1. The molecule has 0 spiro atoms. The van der Waals surface area contributed by atoms with Gasteiger partial charge < -0.3 is 5.32 Å². The first kappa shape index (κ1) is 18.1. The van der Waals surface area contributed by atoms with Crippen molar-refractivity contribution >= 4 is 43.6 Å². The van der Waals surface area contributed by atoms with Crippen molar-refractivity contribution in [3.63, 3.8) is 0 Å². The van der Waals surface area contributed by atoms with Crippen molar-refractivity contribution < 1.29 is 13.2 Å². The minimum Gasteiger partial charge on any atom is -0.315 e. The number of carbonyl (C=O) groups excluding carboxylic acids is 1. The van der Waals surface area contributed by atoms with Gasteiger partial charge >= 0.3 is 0 Å². The maximum absolute atomic E-state index is 12.8. The van der Waals surface area contributed by atoms with Crippen LogP contribution in [0.4, 0.5) is 5.00 Å². The molecule has 1 N–H and O–H groups in total. The third-order valence-electron chi connectivity index (χ3n) is 4.30. The zero-order chi connectivity index (χ0) is 18.2. The van der Waals surface area contributed by atoms with Crippen molar-refractivity contribution in [2.24, 2.45) is 0 Å². The van der Waals surface area contributed by atoms with Crippen LogP contribution in [0.1, 0.15) is 28.8 Å². The normalized spacial score (nSPS) is 18.2. The molecule has 0 bridgehead atoms. The molecule has 0 aliphatic carbocycles. The third-order valence-corrected chi connectivity index (χ3v) is 8.70. The predicted molar refractivity (Wildman–Crippen MR) is 98.4 cm³/mol. The number of nitrogens with zero attached hydrogens (tertiary/aromatic N) is 2. The zero-order valence-electron chi connectivity index (χ0n) is 13.8. The molecule has 2 aromatic rings. The number of carbonyl (C=O) groups is 1. The summed E-state index contributed by atoms with van der Waals surface area (Å²) in [5, 5.41) is 14.3. The molecule has 2 aromatic heterocycles. The van der Waals surface area contributed by atoms with Gasteiger partial charge in [0.2, 0.25) is 5.91 Å². The lowest BCUT2D eigenvalue weighted by Gasteiger charge is -2.22. The number of rotatable bonds is 4. The molecule has 0 radical (unpaired) electrons. The molecular formula is C16H17N3O3S3. The average Bonchev–Trinajstić information content (AvgIpc) is 3.29. The van der Waals surface area contributed by atoms with Crippen LogP contribution in [0.3, 0.4) is 0 Å². The van der Waals surface area contributed by atoms with Gasteiger partial charge in [0.15, 0.2) is 0 Å². The number of hydrogen-bond acceptors (Lipinski definition) is 6. The summed E-state index contributed by atoms with van der Waals surface area (Å²) in [5.41, 5.74) is 1.29.